The second-order valence-corrected chi connectivity index (χ2v) is 3.84. The summed E-state index contributed by atoms with van der Waals surface area (Å²) in [5, 5.41) is 5.83. The lowest BCUT2D eigenvalue weighted by atomic mass is 10.2. The summed E-state index contributed by atoms with van der Waals surface area (Å²) in [4.78, 5) is 11.3. The lowest BCUT2D eigenvalue weighted by Crippen LogP contribution is -2.20. The van der Waals surface area contributed by atoms with Crippen LogP contribution in [0.15, 0.2) is 24.3 Å². The average molecular weight is 220 g/mol. The van der Waals surface area contributed by atoms with Crippen LogP contribution >= 0.6 is 0 Å². The molecule has 0 radical (unpaired) electrons. The van der Waals surface area contributed by atoms with E-state index in [1.54, 1.807) is 19.2 Å². The normalized spacial score (nSPS) is 19.4. The Morgan fingerprint density at radius 1 is 1.44 bits per heavy atom. The van der Waals surface area contributed by atoms with Crippen molar-refractivity contribution in [3.63, 3.8) is 0 Å². The second kappa shape index (κ2) is 4.99. The molecule has 1 fully saturated rings. The first-order valence-corrected chi connectivity index (χ1v) is 5.49. The van der Waals surface area contributed by atoms with Gasteiger partial charge in [0.25, 0.3) is 5.91 Å². The Hall–Kier alpha value is -1.55. The molecule has 1 heterocycles. The maximum atomic E-state index is 11.3. The van der Waals surface area contributed by atoms with Crippen molar-refractivity contribution < 1.29 is 9.53 Å². The van der Waals surface area contributed by atoms with E-state index in [1.807, 2.05) is 12.1 Å². The molecule has 2 rings (SSSR count). The van der Waals surface area contributed by atoms with Crippen LogP contribution in [0, 0.1) is 0 Å². The van der Waals surface area contributed by atoms with Gasteiger partial charge in [-0.25, -0.2) is 0 Å². The molecule has 1 amide bonds. The zero-order valence-electron chi connectivity index (χ0n) is 9.32. The van der Waals surface area contributed by atoms with Gasteiger partial charge in [-0.05, 0) is 37.2 Å². The highest BCUT2D eigenvalue weighted by Crippen LogP contribution is 2.16. The highest BCUT2D eigenvalue weighted by molar-refractivity contribution is 5.94. The first-order chi connectivity index (χ1) is 7.79. The number of hydrogen-bond acceptors (Lipinski definition) is 3. The highest BCUT2D eigenvalue weighted by atomic mass is 16.5. The Morgan fingerprint density at radius 3 is 2.75 bits per heavy atom. The third-order valence-electron chi connectivity index (χ3n) is 2.66. The van der Waals surface area contributed by atoms with Crippen LogP contribution < -0.4 is 15.4 Å². The first kappa shape index (κ1) is 11.0. The first-order valence-electron chi connectivity index (χ1n) is 5.49. The van der Waals surface area contributed by atoms with E-state index in [0.29, 0.717) is 5.56 Å². The van der Waals surface area contributed by atoms with Gasteiger partial charge in [0.1, 0.15) is 11.9 Å². The quantitative estimate of drug-likeness (QED) is 0.791. The molecule has 0 saturated carbocycles. The largest absolute Gasteiger partial charge is 0.489 e. The molecule has 0 aromatic heterocycles. The summed E-state index contributed by atoms with van der Waals surface area (Å²) in [7, 11) is 1.62. The molecule has 2 N–H and O–H groups in total. The molecule has 4 heteroatoms. The predicted molar refractivity (Wildman–Crippen MR) is 61.7 cm³/mol. The van der Waals surface area contributed by atoms with Gasteiger partial charge >= 0.3 is 0 Å². The molecular formula is C12H16N2O2. The number of carbonyl (C=O) groups excluding carboxylic acids is 1. The van der Waals surface area contributed by atoms with E-state index in [9.17, 15) is 4.79 Å². The van der Waals surface area contributed by atoms with E-state index in [2.05, 4.69) is 10.6 Å². The topological polar surface area (TPSA) is 50.4 Å². The summed E-state index contributed by atoms with van der Waals surface area (Å²) in [5.74, 6) is 0.746. The van der Waals surface area contributed by atoms with E-state index in [0.717, 1.165) is 25.3 Å². The van der Waals surface area contributed by atoms with Gasteiger partial charge in [0.15, 0.2) is 0 Å². The fraction of sp³-hybridized carbons (Fsp3) is 0.417. The molecule has 1 atom stereocenters. The lowest BCUT2D eigenvalue weighted by Gasteiger charge is -2.12. The zero-order chi connectivity index (χ0) is 11.4. The van der Waals surface area contributed by atoms with Crippen LogP contribution in [0.4, 0.5) is 0 Å². The number of rotatable bonds is 3. The summed E-state index contributed by atoms with van der Waals surface area (Å²) in [6.45, 7) is 1.91. The van der Waals surface area contributed by atoms with Crippen molar-refractivity contribution in [1.29, 1.82) is 0 Å². The molecule has 1 aliphatic rings. The maximum absolute atomic E-state index is 11.3. The van der Waals surface area contributed by atoms with Crippen LogP contribution in [0.2, 0.25) is 0 Å². The summed E-state index contributed by atoms with van der Waals surface area (Å²) < 4.78 is 5.75. The molecule has 0 spiro atoms. The van der Waals surface area contributed by atoms with Gasteiger partial charge < -0.3 is 15.4 Å². The fourth-order valence-corrected chi connectivity index (χ4v) is 1.75. The molecule has 1 saturated heterocycles. The standard InChI is InChI=1S/C12H16N2O2/c1-13-12(15)9-2-4-10(5-3-9)16-11-6-7-14-8-11/h2-5,11,14H,6-8H2,1H3,(H,13,15)/t11-/m1/s1. The Bertz CT molecular complexity index is 356. The number of nitrogens with one attached hydrogen (secondary N) is 2. The molecule has 0 bridgehead atoms. The molecule has 86 valence electrons. The molecule has 4 nitrogen and oxygen atoms in total. The molecular weight excluding hydrogens is 204 g/mol. The molecule has 0 aliphatic carbocycles. The number of hydrogen-bond donors (Lipinski definition) is 2. The summed E-state index contributed by atoms with van der Waals surface area (Å²) in [6, 6.07) is 7.22. The van der Waals surface area contributed by atoms with Crippen LogP contribution in [-0.4, -0.2) is 32.1 Å². The summed E-state index contributed by atoms with van der Waals surface area (Å²) >= 11 is 0. The second-order valence-electron chi connectivity index (χ2n) is 3.84. The number of amides is 1. The van der Waals surface area contributed by atoms with E-state index in [1.165, 1.54) is 0 Å². The van der Waals surface area contributed by atoms with Crippen LogP contribution in [0.25, 0.3) is 0 Å². The van der Waals surface area contributed by atoms with Crippen LogP contribution in [0.3, 0.4) is 0 Å². The zero-order valence-corrected chi connectivity index (χ0v) is 9.32. The van der Waals surface area contributed by atoms with Crippen molar-refractivity contribution >= 4 is 5.91 Å². The minimum Gasteiger partial charge on any atom is -0.489 e. The highest BCUT2D eigenvalue weighted by Gasteiger charge is 2.15. The summed E-state index contributed by atoms with van der Waals surface area (Å²) in [5.41, 5.74) is 0.652. The van der Waals surface area contributed by atoms with Crippen LogP contribution in [0.1, 0.15) is 16.8 Å². The monoisotopic (exact) mass is 220 g/mol. The number of carbonyl (C=O) groups is 1. The molecule has 0 unspecified atom stereocenters. The van der Waals surface area contributed by atoms with E-state index < -0.39 is 0 Å². The third kappa shape index (κ3) is 2.52. The number of benzene rings is 1. The lowest BCUT2D eigenvalue weighted by molar-refractivity contribution is 0.0963. The van der Waals surface area contributed by atoms with Crippen molar-refractivity contribution in [2.24, 2.45) is 0 Å². The smallest absolute Gasteiger partial charge is 0.251 e. The SMILES string of the molecule is CNC(=O)c1ccc(O[C@@H]2CCNC2)cc1. The maximum Gasteiger partial charge on any atom is 0.251 e. The Balaban J connectivity index is 1.98. The van der Waals surface area contributed by atoms with Gasteiger partial charge in [0, 0.05) is 19.2 Å². The molecule has 1 aromatic rings. The average Bonchev–Trinajstić information content (AvgIpc) is 2.82. The van der Waals surface area contributed by atoms with Crippen LogP contribution in [0.5, 0.6) is 5.75 Å². The Kier molecular flexibility index (Phi) is 3.41. The Labute approximate surface area is 95.0 Å². The molecule has 16 heavy (non-hydrogen) atoms. The van der Waals surface area contributed by atoms with Crippen molar-refractivity contribution in [2.45, 2.75) is 12.5 Å². The van der Waals surface area contributed by atoms with E-state index in [4.69, 9.17) is 4.74 Å². The van der Waals surface area contributed by atoms with Gasteiger partial charge in [-0.3, -0.25) is 4.79 Å². The summed E-state index contributed by atoms with van der Waals surface area (Å²) in [6.07, 6.45) is 1.29. The van der Waals surface area contributed by atoms with Gasteiger partial charge in [-0.2, -0.15) is 0 Å². The number of ether oxygens (including phenoxy) is 1. The van der Waals surface area contributed by atoms with Gasteiger partial charge in [0.05, 0.1) is 0 Å². The van der Waals surface area contributed by atoms with Gasteiger partial charge in [0.2, 0.25) is 0 Å². The predicted octanol–water partition coefficient (Wildman–Crippen LogP) is 0.787. The van der Waals surface area contributed by atoms with E-state index >= 15 is 0 Å². The minimum absolute atomic E-state index is 0.0749. The minimum atomic E-state index is -0.0749. The fourth-order valence-electron chi connectivity index (χ4n) is 1.75. The molecule has 1 aliphatic heterocycles. The van der Waals surface area contributed by atoms with Crippen LogP contribution in [-0.2, 0) is 0 Å². The van der Waals surface area contributed by atoms with E-state index in [-0.39, 0.29) is 12.0 Å². The van der Waals surface area contributed by atoms with Crippen molar-refractivity contribution in [2.75, 3.05) is 20.1 Å². The van der Waals surface area contributed by atoms with Gasteiger partial charge in [-0.1, -0.05) is 0 Å². The molecule has 1 aromatic carbocycles. The van der Waals surface area contributed by atoms with Crippen molar-refractivity contribution in [3.05, 3.63) is 29.8 Å². The van der Waals surface area contributed by atoms with Gasteiger partial charge in [-0.15, -0.1) is 0 Å². The third-order valence-corrected chi connectivity index (χ3v) is 2.66. The van der Waals surface area contributed by atoms with Crippen molar-refractivity contribution in [3.8, 4) is 5.75 Å². The Morgan fingerprint density at radius 2 is 2.19 bits per heavy atom. The van der Waals surface area contributed by atoms with Crippen molar-refractivity contribution in [1.82, 2.24) is 10.6 Å².